The predicted molar refractivity (Wildman–Crippen MR) is 62.0 cm³/mol. The number of hydrogen-bond acceptors (Lipinski definition) is 2. The summed E-state index contributed by atoms with van der Waals surface area (Å²) in [5, 5.41) is 3.29. The molecule has 14 heavy (non-hydrogen) atoms. The van der Waals surface area contributed by atoms with Crippen molar-refractivity contribution in [3.8, 4) is 0 Å². The van der Waals surface area contributed by atoms with Gasteiger partial charge in [-0.3, -0.25) is 4.99 Å². The molecule has 2 heteroatoms. The summed E-state index contributed by atoms with van der Waals surface area (Å²) in [6.07, 6.45) is 1.91. The van der Waals surface area contributed by atoms with Crippen molar-refractivity contribution in [2.45, 2.75) is 20.4 Å². The van der Waals surface area contributed by atoms with E-state index in [9.17, 15) is 0 Å². The summed E-state index contributed by atoms with van der Waals surface area (Å²) in [4.78, 5) is 4.19. The minimum Gasteiger partial charge on any atom is -0.313 e. The van der Waals surface area contributed by atoms with E-state index in [-0.39, 0.29) is 0 Å². The Morgan fingerprint density at radius 1 is 1.21 bits per heavy atom. The van der Waals surface area contributed by atoms with Crippen molar-refractivity contribution < 1.29 is 0 Å². The Morgan fingerprint density at radius 3 is 2.50 bits per heavy atom. The van der Waals surface area contributed by atoms with E-state index in [1.54, 1.807) is 0 Å². The van der Waals surface area contributed by atoms with Crippen molar-refractivity contribution in [2.75, 3.05) is 13.1 Å². The van der Waals surface area contributed by atoms with Gasteiger partial charge in [0.1, 0.15) is 0 Å². The van der Waals surface area contributed by atoms with Crippen LogP contribution < -0.4 is 5.32 Å². The van der Waals surface area contributed by atoms with Crippen molar-refractivity contribution in [1.29, 1.82) is 0 Å². The first-order valence-corrected chi connectivity index (χ1v) is 5.16. The maximum Gasteiger partial charge on any atom is 0.0361 e. The van der Waals surface area contributed by atoms with Crippen LogP contribution in [0.4, 0.5) is 0 Å². The maximum absolute atomic E-state index is 4.19. The zero-order valence-corrected chi connectivity index (χ0v) is 8.96. The third-order valence-electron chi connectivity index (χ3n) is 1.98. The molecule has 0 atom stereocenters. The molecule has 0 unspecified atom stereocenters. The van der Waals surface area contributed by atoms with Crippen LogP contribution in [0.25, 0.3) is 0 Å². The molecule has 0 heterocycles. The highest BCUT2D eigenvalue weighted by atomic mass is 14.8. The standard InChI is InChI=1S/C12H18N2/c1-3-13-9-11-5-7-12(8-6-11)10-14-4-2/h5-9,14H,3-4,10H2,1-2H3. The molecule has 0 saturated carbocycles. The molecule has 2 nitrogen and oxygen atoms in total. The fourth-order valence-electron chi connectivity index (χ4n) is 1.19. The summed E-state index contributed by atoms with van der Waals surface area (Å²) < 4.78 is 0. The number of rotatable bonds is 5. The lowest BCUT2D eigenvalue weighted by molar-refractivity contribution is 0.727. The highest BCUT2D eigenvalue weighted by molar-refractivity contribution is 5.79. The minimum atomic E-state index is 0.846. The van der Waals surface area contributed by atoms with E-state index in [0.717, 1.165) is 19.6 Å². The van der Waals surface area contributed by atoms with Gasteiger partial charge in [-0.2, -0.15) is 0 Å². The first-order chi connectivity index (χ1) is 6.86. The van der Waals surface area contributed by atoms with Gasteiger partial charge in [-0.15, -0.1) is 0 Å². The van der Waals surface area contributed by atoms with Crippen molar-refractivity contribution in [3.63, 3.8) is 0 Å². The van der Waals surface area contributed by atoms with E-state index in [1.807, 2.05) is 13.1 Å². The Morgan fingerprint density at radius 2 is 1.93 bits per heavy atom. The molecule has 0 aliphatic heterocycles. The van der Waals surface area contributed by atoms with E-state index < -0.39 is 0 Å². The van der Waals surface area contributed by atoms with Crippen LogP contribution in [-0.2, 0) is 6.54 Å². The van der Waals surface area contributed by atoms with Gasteiger partial charge in [0.2, 0.25) is 0 Å². The van der Waals surface area contributed by atoms with E-state index >= 15 is 0 Å². The van der Waals surface area contributed by atoms with Crippen LogP contribution in [0.1, 0.15) is 25.0 Å². The number of hydrogen-bond donors (Lipinski definition) is 1. The molecule has 1 aromatic rings. The summed E-state index contributed by atoms with van der Waals surface area (Å²) in [5.41, 5.74) is 2.49. The van der Waals surface area contributed by atoms with Crippen LogP contribution in [-0.4, -0.2) is 19.3 Å². The lowest BCUT2D eigenvalue weighted by Gasteiger charge is -2.01. The monoisotopic (exact) mass is 190 g/mol. The molecule has 0 aromatic heterocycles. The number of nitrogens with one attached hydrogen (secondary N) is 1. The van der Waals surface area contributed by atoms with Gasteiger partial charge in [-0.1, -0.05) is 31.2 Å². The molecule has 0 fully saturated rings. The molecule has 0 aliphatic rings. The van der Waals surface area contributed by atoms with E-state index in [2.05, 4.69) is 41.5 Å². The van der Waals surface area contributed by atoms with E-state index in [4.69, 9.17) is 0 Å². The van der Waals surface area contributed by atoms with Gasteiger partial charge in [0.25, 0.3) is 0 Å². The SMILES string of the molecule is CCN=Cc1ccc(CNCC)cc1. The van der Waals surface area contributed by atoms with Crippen LogP contribution in [0, 0.1) is 0 Å². The van der Waals surface area contributed by atoms with Gasteiger partial charge < -0.3 is 5.32 Å². The molecular formula is C12H18N2. The topological polar surface area (TPSA) is 24.4 Å². The lowest BCUT2D eigenvalue weighted by atomic mass is 10.1. The van der Waals surface area contributed by atoms with Crippen molar-refractivity contribution >= 4 is 6.21 Å². The zero-order chi connectivity index (χ0) is 10.2. The minimum absolute atomic E-state index is 0.846. The smallest absolute Gasteiger partial charge is 0.0361 e. The molecule has 1 N–H and O–H groups in total. The Labute approximate surface area is 86.1 Å². The average Bonchev–Trinajstić information content (AvgIpc) is 2.25. The average molecular weight is 190 g/mol. The van der Waals surface area contributed by atoms with Crippen molar-refractivity contribution in [1.82, 2.24) is 5.32 Å². The summed E-state index contributed by atoms with van der Waals surface area (Å²) in [6, 6.07) is 8.48. The Balaban J connectivity index is 2.54. The Kier molecular flexibility index (Phi) is 4.94. The molecule has 0 spiro atoms. The fourth-order valence-corrected chi connectivity index (χ4v) is 1.19. The van der Waals surface area contributed by atoms with Gasteiger partial charge in [-0.05, 0) is 24.6 Å². The number of aliphatic imine (C=N–C) groups is 1. The molecule has 0 amide bonds. The van der Waals surface area contributed by atoms with E-state index in [0.29, 0.717) is 0 Å². The third-order valence-corrected chi connectivity index (χ3v) is 1.98. The summed E-state index contributed by atoms with van der Waals surface area (Å²) in [6.45, 7) is 6.96. The van der Waals surface area contributed by atoms with Crippen LogP contribution in [0.5, 0.6) is 0 Å². The maximum atomic E-state index is 4.19. The molecule has 0 aliphatic carbocycles. The molecule has 76 valence electrons. The van der Waals surface area contributed by atoms with Crippen LogP contribution in [0.3, 0.4) is 0 Å². The zero-order valence-electron chi connectivity index (χ0n) is 8.96. The summed E-state index contributed by atoms with van der Waals surface area (Å²) in [5.74, 6) is 0. The third kappa shape index (κ3) is 3.71. The van der Waals surface area contributed by atoms with Gasteiger partial charge >= 0.3 is 0 Å². The Bertz CT molecular complexity index is 275. The number of nitrogens with zero attached hydrogens (tertiary/aromatic N) is 1. The molecule has 0 bridgehead atoms. The lowest BCUT2D eigenvalue weighted by Crippen LogP contribution is -2.11. The summed E-state index contributed by atoms with van der Waals surface area (Å²) >= 11 is 0. The van der Waals surface area contributed by atoms with Gasteiger partial charge in [0.15, 0.2) is 0 Å². The van der Waals surface area contributed by atoms with Gasteiger partial charge in [-0.25, -0.2) is 0 Å². The fraction of sp³-hybridized carbons (Fsp3) is 0.417. The normalized spacial score (nSPS) is 11.0. The molecular weight excluding hydrogens is 172 g/mol. The first kappa shape index (κ1) is 10.9. The number of benzene rings is 1. The predicted octanol–water partition coefficient (Wildman–Crippen LogP) is 2.23. The molecule has 0 radical (unpaired) electrons. The van der Waals surface area contributed by atoms with Crippen molar-refractivity contribution in [2.24, 2.45) is 4.99 Å². The van der Waals surface area contributed by atoms with Crippen molar-refractivity contribution in [3.05, 3.63) is 35.4 Å². The van der Waals surface area contributed by atoms with E-state index in [1.165, 1.54) is 11.1 Å². The highest BCUT2D eigenvalue weighted by Crippen LogP contribution is 2.02. The quantitative estimate of drug-likeness (QED) is 0.707. The second-order valence-corrected chi connectivity index (χ2v) is 3.15. The highest BCUT2D eigenvalue weighted by Gasteiger charge is 1.91. The van der Waals surface area contributed by atoms with Gasteiger partial charge in [0, 0.05) is 19.3 Å². The Hall–Kier alpha value is -1.15. The second kappa shape index (κ2) is 6.33. The largest absolute Gasteiger partial charge is 0.313 e. The van der Waals surface area contributed by atoms with Gasteiger partial charge in [0.05, 0.1) is 0 Å². The van der Waals surface area contributed by atoms with Crippen LogP contribution in [0.2, 0.25) is 0 Å². The molecule has 1 rings (SSSR count). The first-order valence-electron chi connectivity index (χ1n) is 5.16. The van der Waals surface area contributed by atoms with Crippen LogP contribution in [0.15, 0.2) is 29.3 Å². The molecule has 1 aromatic carbocycles. The van der Waals surface area contributed by atoms with Crippen LogP contribution >= 0.6 is 0 Å². The molecule has 0 saturated heterocycles. The summed E-state index contributed by atoms with van der Waals surface area (Å²) in [7, 11) is 0. The second-order valence-electron chi connectivity index (χ2n) is 3.15.